The number of ether oxygens (including phenoxy) is 2. The summed E-state index contributed by atoms with van der Waals surface area (Å²) >= 11 is 0. The number of hydrogen-bond donors (Lipinski definition) is 0. The minimum absolute atomic E-state index is 0.158. The first kappa shape index (κ1) is 23.5. The van der Waals surface area contributed by atoms with Gasteiger partial charge < -0.3 is 9.47 Å². The summed E-state index contributed by atoms with van der Waals surface area (Å²) in [6.45, 7) is 8.80. The molecule has 2 aliphatic rings. The molecule has 3 aromatic rings. The molecule has 0 spiro atoms. The fourth-order valence-electron chi connectivity index (χ4n) is 5.73. The third kappa shape index (κ3) is 4.09. The Balaban J connectivity index is 1.63. The van der Waals surface area contributed by atoms with Crippen LogP contribution in [0, 0.1) is 12.8 Å². The minimum atomic E-state index is -3.72. The zero-order valence-corrected chi connectivity index (χ0v) is 21.1. The molecule has 0 saturated carbocycles. The number of piperidine rings is 1. The van der Waals surface area contributed by atoms with Crippen LogP contribution in [0.3, 0.4) is 0 Å². The second-order valence-electron chi connectivity index (χ2n) is 9.41. The van der Waals surface area contributed by atoms with E-state index in [-0.39, 0.29) is 12.3 Å². The third-order valence-corrected chi connectivity index (χ3v) is 9.02. The summed E-state index contributed by atoms with van der Waals surface area (Å²) < 4.78 is 41.3. The number of likely N-dealkylation sites (tertiary alicyclic amines) is 1. The predicted octanol–water partition coefficient (Wildman–Crippen LogP) is 4.90. The molecule has 0 radical (unpaired) electrons. The summed E-state index contributed by atoms with van der Waals surface area (Å²) in [6, 6.07) is 15.3. The van der Waals surface area contributed by atoms with E-state index >= 15 is 0 Å². The number of fused-ring (bicyclic) bond motifs is 6. The molecule has 1 aliphatic heterocycles. The van der Waals surface area contributed by atoms with Crippen molar-refractivity contribution in [2.45, 2.75) is 57.3 Å². The largest absolute Gasteiger partial charge is 0.352 e. The molecule has 2 atom stereocenters. The SMILES string of the molecule is CCOC(CN1CC[C@H]2Cc3c(c4ccccc4n3S(=O)(=O)c3ccc(C)cc3)[C@@H]1C2)OCC. The number of rotatable bonds is 8. The Morgan fingerprint density at radius 2 is 1.74 bits per heavy atom. The van der Waals surface area contributed by atoms with Gasteiger partial charge in [-0.2, -0.15) is 0 Å². The molecule has 1 saturated heterocycles. The van der Waals surface area contributed by atoms with Crippen LogP contribution in [0.1, 0.15) is 49.6 Å². The van der Waals surface area contributed by atoms with Crippen LogP contribution >= 0.6 is 0 Å². The Hall–Kier alpha value is -2.19. The standard InChI is InChI=1S/C27H34N2O4S/c1-4-32-26(33-5-2)18-28-15-14-20-16-24(28)27-22-8-6-7-9-23(22)29(25(27)17-20)34(30,31)21-12-10-19(3)11-13-21/h6-13,20,24,26H,4-5,14-18H2,1-3H3/t20-,24+/m1/s1. The Morgan fingerprint density at radius 3 is 2.44 bits per heavy atom. The number of aryl methyl sites for hydroxylation is 1. The molecule has 34 heavy (non-hydrogen) atoms. The zero-order chi connectivity index (χ0) is 23.9. The summed E-state index contributed by atoms with van der Waals surface area (Å²) in [5.74, 6) is 0.475. The summed E-state index contributed by atoms with van der Waals surface area (Å²) in [6.07, 6.45) is 2.60. The normalized spacial score (nSPS) is 20.7. The summed E-state index contributed by atoms with van der Waals surface area (Å²) in [7, 11) is -3.72. The van der Waals surface area contributed by atoms with E-state index < -0.39 is 10.0 Å². The van der Waals surface area contributed by atoms with Gasteiger partial charge in [-0.25, -0.2) is 12.4 Å². The van der Waals surface area contributed by atoms with E-state index in [2.05, 4.69) is 11.0 Å². The van der Waals surface area contributed by atoms with E-state index in [1.165, 1.54) is 0 Å². The molecule has 1 fully saturated rings. The fraction of sp³-hybridized carbons (Fsp3) is 0.481. The summed E-state index contributed by atoms with van der Waals surface area (Å²) in [4.78, 5) is 2.78. The third-order valence-electron chi connectivity index (χ3n) is 7.25. The monoisotopic (exact) mass is 482 g/mol. The highest BCUT2D eigenvalue weighted by Crippen LogP contribution is 2.47. The van der Waals surface area contributed by atoms with Gasteiger partial charge in [0.25, 0.3) is 10.0 Å². The van der Waals surface area contributed by atoms with Gasteiger partial charge in [-0.3, -0.25) is 4.90 Å². The maximum atomic E-state index is 14.0. The Labute approximate surface area is 202 Å². The van der Waals surface area contributed by atoms with Gasteiger partial charge in [-0.15, -0.1) is 0 Å². The summed E-state index contributed by atoms with van der Waals surface area (Å²) in [5.41, 5.74) is 3.92. The first-order chi connectivity index (χ1) is 16.4. The Morgan fingerprint density at radius 1 is 1.03 bits per heavy atom. The first-order valence-electron chi connectivity index (χ1n) is 12.4. The van der Waals surface area contributed by atoms with Crippen LogP contribution in [0.2, 0.25) is 0 Å². The van der Waals surface area contributed by atoms with Crippen LogP contribution in [-0.2, 0) is 25.9 Å². The Bertz CT molecular complexity index is 1260. The van der Waals surface area contributed by atoms with E-state index in [1.54, 1.807) is 16.1 Å². The molecule has 2 heterocycles. The predicted molar refractivity (Wildman–Crippen MR) is 133 cm³/mol. The van der Waals surface area contributed by atoms with Crippen molar-refractivity contribution in [1.82, 2.24) is 8.87 Å². The average Bonchev–Trinajstić information content (AvgIpc) is 3.16. The van der Waals surface area contributed by atoms with Crippen molar-refractivity contribution in [2.75, 3.05) is 26.3 Å². The molecule has 7 heteroatoms. The van der Waals surface area contributed by atoms with Gasteiger partial charge in [0.05, 0.1) is 17.0 Å². The van der Waals surface area contributed by atoms with Crippen LogP contribution in [0.25, 0.3) is 10.9 Å². The van der Waals surface area contributed by atoms with E-state index in [4.69, 9.17) is 9.47 Å². The number of aromatic nitrogens is 1. The molecular weight excluding hydrogens is 448 g/mol. The van der Waals surface area contributed by atoms with Gasteiger partial charge in [0.2, 0.25) is 0 Å². The molecule has 5 rings (SSSR count). The molecule has 182 valence electrons. The first-order valence-corrected chi connectivity index (χ1v) is 13.8. The van der Waals surface area contributed by atoms with E-state index in [9.17, 15) is 8.42 Å². The van der Waals surface area contributed by atoms with Gasteiger partial charge in [0.1, 0.15) is 0 Å². The lowest BCUT2D eigenvalue weighted by Gasteiger charge is -2.44. The van der Waals surface area contributed by atoms with Crippen molar-refractivity contribution in [1.29, 1.82) is 0 Å². The zero-order valence-electron chi connectivity index (χ0n) is 20.2. The maximum absolute atomic E-state index is 14.0. The molecule has 2 aromatic carbocycles. The quantitative estimate of drug-likeness (QED) is 0.428. The minimum Gasteiger partial charge on any atom is -0.352 e. The van der Waals surface area contributed by atoms with Gasteiger partial charge >= 0.3 is 0 Å². The van der Waals surface area contributed by atoms with Crippen molar-refractivity contribution in [3.8, 4) is 0 Å². The average molecular weight is 483 g/mol. The van der Waals surface area contributed by atoms with E-state index in [1.807, 2.05) is 51.1 Å². The molecule has 0 N–H and O–H groups in total. The van der Waals surface area contributed by atoms with E-state index in [0.29, 0.717) is 30.6 Å². The number of nitrogens with zero attached hydrogens (tertiary/aromatic N) is 2. The lowest BCUT2D eigenvalue weighted by atomic mass is 9.78. The van der Waals surface area contributed by atoms with Crippen molar-refractivity contribution in [3.05, 3.63) is 65.4 Å². The number of benzene rings is 2. The smallest absolute Gasteiger partial charge is 0.268 e. The highest BCUT2D eigenvalue weighted by atomic mass is 32.2. The van der Waals surface area contributed by atoms with Crippen molar-refractivity contribution in [3.63, 3.8) is 0 Å². The highest BCUT2D eigenvalue weighted by Gasteiger charge is 2.41. The molecule has 0 amide bonds. The lowest BCUT2D eigenvalue weighted by Crippen LogP contribution is -2.45. The summed E-state index contributed by atoms with van der Waals surface area (Å²) in [5, 5.41) is 1.04. The molecular formula is C27H34N2O4S. The molecule has 2 bridgehead atoms. The topological polar surface area (TPSA) is 60.8 Å². The van der Waals surface area contributed by atoms with Crippen LogP contribution in [0.15, 0.2) is 53.4 Å². The van der Waals surface area contributed by atoms with Crippen molar-refractivity contribution >= 4 is 20.9 Å². The lowest BCUT2D eigenvalue weighted by molar-refractivity contribution is -0.154. The number of hydrogen-bond acceptors (Lipinski definition) is 5. The fourth-order valence-corrected chi connectivity index (χ4v) is 7.30. The van der Waals surface area contributed by atoms with Gasteiger partial charge in [0.15, 0.2) is 6.29 Å². The number of para-hydroxylation sites is 1. The second kappa shape index (κ2) is 9.46. The van der Waals surface area contributed by atoms with Crippen LogP contribution in [0.5, 0.6) is 0 Å². The maximum Gasteiger partial charge on any atom is 0.268 e. The van der Waals surface area contributed by atoms with Crippen LogP contribution in [0.4, 0.5) is 0 Å². The van der Waals surface area contributed by atoms with Crippen molar-refractivity contribution < 1.29 is 17.9 Å². The Kier molecular flexibility index (Phi) is 6.55. The van der Waals surface area contributed by atoms with E-state index in [0.717, 1.165) is 53.5 Å². The van der Waals surface area contributed by atoms with Crippen molar-refractivity contribution in [2.24, 2.45) is 5.92 Å². The highest BCUT2D eigenvalue weighted by molar-refractivity contribution is 7.90. The molecule has 0 unspecified atom stereocenters. The van der Waals surface area contributed by atoms with Crippen LogP contribution in [-0.4, -0.2) is 49.9 Å². The molecule has 1 aromatic heterocycles. The second-order valence-corrected chi connectivity index (χ2v) is 11.2. The molecule has 6 nitrogen and oxygen atoms in total. The van der Waals surface area contributed by atoms with Gasteiger partial charge in [-0.1, -0.05) is 35.9 Å². The van der Waals surface area contributed by atoms with Crippen LogP contribution < -0.4 is 0 Å². The van der Waals surface area contributed by atoms with Gasteiger partial charge in [-0.05, 0) is 76.3 Å². The van der Waals surface area contributed by atoms with Gasteiger partial charge in [0, 0.05) is 30.3 Å². The molecule has 1 aliphatic carbocycles.